The monoisotopic (exact) mass is 388 g/mol. The van der Waals surface area contributed by atoms with E-state index in [1.165, 1.54) is 19.4 Å². The van der Waals surface area contributed by atoms with Gasteiger partial charge in [-0.25, -0.2) is 0 Å². The van der Waals surface area contributed by atoms with Crippen LogP contribution in [0.15, 0.2) is 11.6 Å². The van der Waals surface area contributed by atoms with Gasteiger partial charge in [-0.15, -0.1) is 0 Å². The summed E-state index contributed by atoms with van der Waals surface area (Å²) in [5, 5.41) is 0. The standard InChI is InChI=1S/C23H32O5/c1-13(24)27-16-7-9-22(3)15(11-16)12-19(28-14(2)25)21-17-5-6-20(26)23(17,4)10-8-18(21)22/h12,16-19,21H,5-11H2,1-4H3/t16-,17?,18?,19-,21?,22-,23-/m0/s1. The Morgan fingerprint density at radius 2 is 1.61 bits per heavy atom. The zero-order chi connectivity index (χ0) is 20.3. The molecule has 0 aromatic heterocycles. The van der Waals surface area contributed by atoms with E-state index in [9.17, 15) is 14.4 Å². The van der Waals surface area contributed by atoms with Crippen LogP contribution in [0.1, 0.15) is 72.6 Å². The number of carbonyl (C=O) groups is 3. The lowest BCUT2D eigenvalue weighted by Gasteiger charge is -2.58. The first-order valence-electron chi connectivity index (χ1n) is 10.7. The number of esters is 2. The molecule has 5 nitrogen and oxygen atoms in total. The summed E-state index contributed by atoms with van der Waals surface area (Å²) in [6, 6.07) is 0. The molecule has 5 heteroatoms. The molecule has 28 heavy (non-hydrogen) atoms. The van der Waals surface area contributed by atoms with E-state index in [-0.39, 0.29) is 46.8 Å². The predicted octanol–water partition coefficient (Wildman–Crippen LogP) is 3.99. The van der Waals surface area contributed by atoms with Crippen molar-refractivity contribution in [3.8, 4) is 0 Å². The fourth-order valence-electron chi connectivity index (χ4n) is 7.00. The fourth-order valence-corrected chi connectivity index (χ4v) is 7.00. The average molecular weight is 389 g/mol. The molecule has 0 N–H and O–H groups in total. The van der Waals surface area contributed by atoms with Crippen LogP contribution in [0, 0.1) is 28.6 Å². The molecule has 0 heterocycles. The molecule has 154 valence electrons. The minimum Gasteiger partial charge on any atom is -0.462 e. The highest BCUT2D eigenvalue weighted by Crippen LogP contribution is 2.64. The summed E-state index contributed by atoms with van der Waals surface area (Å²) >= 11 is 0. The normalized spacial score (nSPS) is 44.6. The number of hydrogen-bond donors (Lipinski definition) is 0. The van der Waals surface area contributed by atoms with Gasteiger partial charge in [0.2, 0.25) is 0 Å². The number of fused-ring (bicyclic) bond motifs is 5. The Hall–Kier alpha value is -1.65. The molecule has 0 saturated heterocycles. The summed E-state index contributed by atoms with van der Waals surface area (Å²) in [4.78, 5) is 36.0. The zero-order valence-electron chi connectivity index (χ0n) is 17.5. The highest BCUT2D eigenvalue weighted by Gasteiger charge is 2.61. The van der Waals surface area contributed by atoms with Crippen LogP contribution < -0.4 is 0 Å². The molecule has 0 bridgehead atoms. The zero-order valence-corrected chi connectivity index (χ0v) is 17.5. The van der Waals surface area contributed by atoms with Crippen molar-refractivity contribution < 1.29 is 23.9 Å². The first kappa shape index (κ1) is 19.7. The smallest absolute Gasteiger partial charge is 0.303 e. The van der Waals surface area contributed by atoms with Crippen molar-refractivity contribution in [3.63, 3.8) is 0 Å². The van der Waals surface area contributed by atoms with Crippen molar-refractivity contribution in [3.05, 3.63) is 11.6 Å². The maximum Gasteiger partial charge on any atom is 0.303 e. The number of carbonyl (C=O) groups excluding carboxylic acids is 3. The van der Waals surface area contributed by atoms with Gasteiger partial charge in [-0.1, -0.05) is 19.4 Å². The third kappa shape index (κ3) is 2.93. The molecule has 0 aromatic rings. The van der Waals surface area contributed by atoms with Crippen LogP contribution in [-0.4, -0.2) is 29.9 Å². The molecule has 3 saturated carbocycles. The minimum absolute atomic E-state index is 0.0327. The predicted molar refractivity (Wildman–Crippen MR) is 103 cm³/mol. The van der Waals surface area contributed by atoms with Crippen LogP contribution in [0.5, 0.6) is 0 Å². The van der Waals surface area contributed by atoms with Gasteiger partial charge in [-0.05, 0) is 55.4 Å². The van der Waals surface area contributed by atoms with Crippen molar-refractivity contribution in [1.29, 1.82) is 0 Å². The molecule has 0 aromatic carbocycles. The summed E-state index contributed by atoms with van der Waals surface area (Å²) in [5.74, 6) is 0.762. The van der Waals surface area contributed by atoms with Crippen LogP contribution in [0.25, 0.3) is 0 Å². The molecule has 4 rings (SSSR count). The van der Waals surface area contributed by atoms with Gasteiger partial charge < -0.3 is 9.47 Å². The first-order chi connectivity index (χ1) is 13.1. The average Bonchev–Trinajstić information content (AvgIpc) is 2.90. The summed E-state index contributed by atoms with van der Waals surface area (Å²) in [6.07, 6.45) is 7.82. The Morgan fingerprint density at radius 3 is 2.29 bits per heavy atom. The number of ether oxygens (including phenoxy) is 2. The lowest BCUT2D eigenvalue weighted by atomic mass is 9.47. The molecule has 3 fully saturated rings. The van der Waals surface area contributed by atoms with E-state index < -0.39 is 0 Å². The van der Waals surface area contributed by atoms with Crippen LogP contribution >= 0.6 is 0 Å². The maximum absolute atomic E-state index is 12.7. The van der Waals surface area contributed by atoms with Gasteiger partial charge in [-0.2, -0.15) is 0 Å². The van der Waals surface area contributed by atoms with Gasteiger partial charge in [0.15, 0.2) is 0 Å². The lowest BCUT2D eigenvalue weighted by molar-refractivity contribution is -0.159. The van der Waals surface area contributed by atoms with Crippen molar-refractivity contribution >= 4 is 17.7 Å². The van der Waals surface area contributed by atoms with Crippen molar-refractivity contribution in [1.82, 2.24) is 0 Å². The maximum atomic E-state index is 12.7. The van der Waals surface area contributed by atoms with Crippen molar-refractivity contribution in [2.75, 3.05) is 0 Å². The van der Waals surface area contributed by atoms with E-state index in [4.69, 9.17) is 9.47 Å². The molecule has 7 atom stereocenters. The van der Waals surface area contributed by atoms with Crippen LogP contribution in [-0.2, 0) is 23.9 Å². The van der Waals surface area contributed by atoms with Crippen LogP contribution in [0.2, 0.25) is 0 Å². The van der Waals surface area contributed by atoms with E-state index in [1.807, 2.05) is 0 Å². The SMILES string of the molecule is CC(=O)O[C@H]1CC[C@@]2(C)C(=C[C@H](OC(C)=O)C3C2CC[C@]2(C)C(=O)CCC32)C1. The number of rotatable bonds is 2. The summed E-state index contributed by atoms with van der Waals surface area (Å²) in [6.45, 7) is 7.39. The lowest BCUT2D eigenvalue weighted by Crippen LogP contribution is -2.55. The van der Waals surface area contributed by atoms with Gasteiger partial charge in [-0.3, -0.25) is 14.4 Å². The Labute approximate surface area is 167 Å². The van der Waals surface area contributed by atoms with E-state index in [0.717, 1.165) is 38.5 Å². The highest BCUT2D eigenvalue weighted by molar-refractivity contribution is 5.87. The molecule has 0 aliphatic heterocycles. The van der Waals surface area contributed by atoms with E-state index in [1.54, 1.807) is 0 Å². The Balaban J connectivity index is 1.71. The molecule has 4 aliphatic rings. The molecule has 4 aliphatic carbocycles. The van der Waals surface area contributed by atoms with E-state index in [0.29, 0.717) is 18.1 Å². The Kier molecular flexibility index (Phi) is 4.71. The minimum atomic E-state index is -0.280. The summed E-state index contributed by atoms with van der Waals surface area (Å²) in [5.41, 5.74) is 1.03. The molecule has 3 unspecified atom stereocenters. The van der Waals surface area contributed by atoms with E-state index >= 15 is 0 Å². The van der Waals surface area contributed by atoms with Gasteiger partial charge >= 0.3 is 11.9 Å². The fraction of sp³-hybridized carbons (Fsp3) is 0.783. The molecule has 0 spiro atoms. The topological polar surface area (TPSA) is 69.7 Å². The second-order valence-corrected chi connectivity index (χ2v) is 9.87. The third-order valence-corrected chi connectivity index (χ3v) is 8.41. The second kappa shape index (κ2) is 6.70. The van der Waals surface area contributed by atoms with Gasteiger partial charge in [0.05, 0.1) is 0 Å². The summed E-state index contributed by atoms with van der Waals surface area (Å²) in [7, 11) is 0. The van der Waals surface area contributed by atoms with Crippen molar-refractivity contribution in [2.45, 2.75) is 84.8 Å². The second-order valence-electron chi connectivity index (χ2n) is 9.87. The van der Waals surface area contributed by atoms with Crippen molar-refractivity contribution in [2.24, 2.45) is 28.6 Å². The third-order valence-electron chi connectivity index (χ3n) is 8.41. The highest BCUT2D eigenvalue weighted by atomic mass is 16.5. The largest absolute Gasteiger partial charge is 0.462 e. The molecular formula is C23H32O5. The number of hydrogen-bond acceptors (Lipinski definition) is 5. The quantitative estimate of drug-likeness (QED) is 0.528. The van der Waals surface area contributed by atoms with Gasteiger partial charge in [0.1, 0.15) is 18.0 Å². The summed E-state index contributed by atoms with van der Waals surface area (Å²) < 4.78 is 11.3. The molecular weight excluding hydrogens is 356 g/mol. The van der Waals surface area contributed by atoms with Gasteiger partial charge in [0.25, 0.3) is 0 Å². The Bertz CT molecular complexity index is 739. The number of Topliss-reactive ketones (excluding diaryl/α,β-unsaturated/α-hetero) is 1. The van der Waals surface area contributed by atoms with E-state index in [2.05, 4.69) is 19.9 Å². The molecule has 0 radical (unpaired) electrons. The molecule has 0 amide bonds. The Morgan fingerprint density at radius 1 is 0.964 bits per heavy atom. The van der Waals surface area contributed by atoms with Crippen LogP contribution in [0.3, 0.4) is 0 Å². The number of ketones is 1. The van der Waals surface area contributed by atoms with Gasteiger partial charge in [0, 0.05) is 38.0 Å². The first-order valence-corrected chi connectivity index (χ1v) is 10.7. The van der Waals surface area contributed by atoms with Crippen LogP contribution in [0.4, 0.5) is 0 Å².